The molecule has 3 rings (SSSR count). The van der Waals surface area contributed by atoms with Crippen molar-refractivity contribution in [2.45, 2.75) is 65.4 Å². The fourth-order valence-corrected chi connectivity index (χ4v) is 4.51. The van der Waals surface area contributed by atoms with E-state index in [4.69, 9.17) is 4.74 Å². The molecule has 1 fully saturated rings. The number of nitrogens with zero attached hydrogens (tertiary/aromatic N) is 1. The number of amides is 1. The summed E-state index contributed by atoms with van der Waals surface area (Å²) < 4.78 is 6.69. The summed E-state index contributed by atoms with van der Waals surface area (Å²) in [5, 5.41) is 0. The zero-order valence-electron chi connectivity index (χ0n) is 15.9. The maximum atomic E-state index is 12.5. The lowest BCUT2D eigenvalue weighted by atomic mass is 9.72. The van der Waals surface area contributed by atoms with Gasteiger partial charge in [-0.15, -0.1) is 0 Å². The Kier molecular flexibility index (Phi) is 5.75. The van der Waals surface area contributed by atoms with Crippen molar-refractivity contribution in [3.63, 3.8) is 0 Å². The van der Waals surface area contributed by atoms with Gasteiger partial charge in [0, 0.05) is 16.6 Å². The van der Waals surface area contributed by atoms with Crippen LogP contribution in [0.5, 0.6) is 0 Å². The molecule has 1 amide bonds. The first-order chi connectivity index (χ1) is 12.2. The lowest BCUT2D eigenvalue weighted by Crippen LogP contribution is -2.41. The van der Waals surface area contributed by atoms with Gasteiger partial charge in [-0.05, 0) is 67.2 Å². The second kappa shape index (κ2) is 7.71. The van der Waals surface area contributed by atoms with Crippen LogP contribution in [0.4, 0.5) is 5.69 Å². The molecule has 5 heteroatoms. The van der Waals surface area contributed by atoms with Gasteiger partial charge in [0.15, 0.2) is 0 Å². The third-order valence-corrected chi connectivity index (χ3v) is 6.22. The van der Waals surface area contributed by atoms with Crippen LogP contribution in [-0.2, 0) is 20.7 Å². The van der Waals surface area contributed by atoms with E-state index >= 15 is 0 Å². The van der Waals surface area contributed by atoms with Crippen molar-refractivity contribution in [3.05, 3.63) is 28.2 Å². The van der Waals surface area contributed by atoms with Crippen molar-refractivity contribution in [1.29, 1.82) is 0 Å². The topological polar surface area (TPSA) is 46.6 Å². The number of carbonyl (C=O) groups excluding carboxylic acids is 2. The summed E-state index contributed by atoms with van der Waals surface area (Å²) in [5.41, 5.74) is 2.24. The number of rotatable bonds is 3. The molecule has 0 spiro atoms. The predicted octanol–water partition coefficient (Wildman–Crippen LogP) is 4.88. The van der Waals surface area contributed by atoms with Gasteiger partial charge >= 0.3 is 5.97 Å². The molecule has 1 aliphatic carbocycles. The number of fused-ring (bicyclic) bond motifs is 1. The zero-order valence-corrected chi connectivity index (χ0v) is 17.5. The van der Waals surface area contributed by atoms with E-state index in [9.17, 15) is 9.59 Å². The van der Waals surface area contributed by atoms with E-state index < -0.39 is 0 Å². The minimum Gasteiger partial charge on any atom is -0.461 e. The molecule has 0 bridgehead atoms. The number of carbonyl (C=O) groups is 2. The Morgan fingerprint density at radius 2 is 1.88 bits per heavy atom. The van der Waals surface area contributed by atoms with Crippen LogP contribution in [0.3, 0.4) is 0 Å². The first kappa shape index (κ1) is 19.4. The van der Waals surface area contributed by atoms with Crippen LogP contribution in [0.25, 0.3) is 0 Å². The molecule has 0 saturated heterocycles. The zero-order chi connectivity index (χ0) is 18.9. The molecular weight excluding hydrogens is 394 g/mol. The van der Waals surface area contributed by atoms with Crippen molar-refractivity contribution in [2.75, 3.05) is 11.4 Å². The predicted molar refractivity (Wildman–Crippen MR) is 106 cm³/mol. The average Bonchev–Trinajstić information content (AvgIpc) is 2.57. The molecular formula is C21H28BrNO3. The third kappa shape index (κ3) is 4.48. The Morgan fingerprint density at radius 3 is 2.54 bits per heavy atom. The highest BCUT2D eigenvalue weighted by atomic mass is 79.9. The monoisotopic (exact) mass is 421 g/mol. The molecule has 1 saturated carbocycles. The van der Waals surface area contributed by atoms with E-state index in [-0.39, 0.29) is 24.5 Å². The second-order valence-electron chi connectivity index (χ2n) is 8.58. The van der Waals surface area contributed by atoms with Crippen LogP contribution in [0.15, 0.2) is 22.7 Å². The normalized spacial score (nSPS) is 23.5. The molecule has 1 aromatic rings. The van der Waals surface area contributed by atoms with Crippen molar-refractivity contribution in [2.24, 2.45) is 11.3 Å². The Hall–Kier alpha value is -1.36. The summed E-state index contributed by atoms with van der Waals surface area (Å²) in [4.78, 5) is 26.4. The van der Waals surface area contributed by atoms with Gasteiger partial charge in [-0.3, -0.25) is 9.59 Å². The van der Waals surface area contributed by atoms with E-state index in [1.165, 1.54) is 0 Å². The molecule has 0 N–H and O–H groups in total. The summed E-state index contributed by atoms with van der Waals surface area (Å²) in [7, 11) is 0. The number of ether oxygens (including phenoxy) is 1. The van der Waals surface area contributed by atoms with Crippen molar-refractivity contribution in [1.82, 2.24) is 0 Å². The number of benzene rings is 1. The highest BCUT2D eigenvalue weighted by Crippen LogP contribution is 2.38. The Bertz CT molecular complexity index is 687. The Morgan fingerprint density at radius 1 is 1.19 bits per heavy atom. The van der Waals surface area contributed by atoms with Gasteiger partial charge in [0.1, 0.15) is 12.6 Å². The standard InChI is InChI=1S/C21H28BrNO3/c1-21(2,3)15-5-8-17(9-6-15)26-20(25)13-23-18-10-7-16(22)12-14(18)4-11-19(23)24/h7,10,12,15,17H,4-6,8-9,11,13H2,1-3H3. The van der Waals surface area contributed by atoms with E-state index in [1.807, 2.05) is 18.2 Å². The Balaban J connectivity index is 1.58. The molecule has 1 heterocycles. The maximum Gasteiger partial charge on any atom is 0.326 e. The van der Waals surface area contributed by atoms with Crippen LogP contribution >= 0.6 is 15.9 Å². The number of halogens is 1. The van der Waals surface area contributed by atoms with E-state index in [0.717, 1.165) is 47.8 Å². The summed E-state index contributed by atoms with van der Waals surface area (Å²) in [6, 6.07) is 5.83. The second-order valence-corrected chi connectivity index (χ2v) is 9.50. The van der Waals surface area contributed by atoms with Gasteiger partial charge in [0.05, 0.1) is 0 Å². The van der Waals surface area contributed by atoms with Gasteiger partial charge in [-0.2, -0.15) is 0 Å². The summed E-state index contributed by atoms with van der Waals surface area (Å²) in [5.74, 6) is 0.382. The lowest BCUT2D eigenvalue weighted by molar-refractivity contribution is -0.150. The molecule has 1 aliphatic heterocycles. The first-order valence-corrected chi connectivity index (χ1v) is 10.3. The first-order valence-electron chi connectivity index (χ1n) is 9.52. The molecule has 142 valence electrons. The molecule has 4 nitrogen and oxygen atoms in total. The average molecular weight is 422 g/mol. The maximum absolute atomic E-state index is 12.5. The minimum atomic E-state index is -0.298. The fraction of sp³-hybridized carbons (Fsp3) is 0.619. The van der Waals surface area contributed by atoms with Crippen LogP contribution in [0.2, 0.25) is 0 Å². The van der Waals surface area contributed by atoms with Gasteiger partial charge < -0.3 is 9.64 Å². The quantitative estimate of drug-likeness (QED) is 0.653. The van der Waals surface area contributed by atoms with Crippen molar-refractivity contribution in [3.8, 4) is 0 Å². The highest BCUT2D eigenvalue weighted by Gasteiger charge is 2.32. The Labute approximate surface area is 164 Å². The molecule has 1 aromatic carbocycles. The number of hydrogen-bond donors (Lipinski definition) is 0. The summed E-state index contributed by atoms with van der Waals surface area (Å²) >= 11 is 3.47. The van der Waals surface area contributed by atoms with Gasteiger partial charge in [-0.25, -0.2) is 0 Å². The third-order valence-electron chi connectivity index (χ3n) is 5.73. The molecule has 2 aliphatic rings. The van der Waals surface area contributed by atoms with Crippen LogP contribution in [0, 0.1) is 11.3 Å². The van der Waals surface area contributed by atoms with Crippen LogP contribution in [0.1, 0.15) is 58.4 Å². The molecule has 0 aromatic heterocycles. The van der Waals surface area contributed by atoms with E-state index in [2.05, 4.69) is 36.7 Å². The minimum absolute atomic E-state index is 0.00628. The van der Waals surface area contributed by atoms with Gasteiger partial charge in [0.2, 0.25) is 5.91 Å². The lowest BCUT2D eigenvalue weighted by Gasteiger charge is -2.37. The SMILES string of the molecule is CC(C)(C)C1CCC(OC(=O)CN2C(=O)CCc3cc(Br)ccc32)CC1. The van der Waals surface area contributed by atoms with E-state index in [1.54, 1.807) is 4.90 Å². The summed E-state index contributed by atoms with van der Waals surface area (Å²) in [6.07, 6.45) is 5.19. The van der Waals surface area contributed by atoms with E-state index in [0.29, 0.717) is 17.8 Å². The van der Waals surface area contributed by atoms with Crippen molar-refractivity contribution >= 4 is 33.5 Å². The number of aryl methyl sites for hydroxylation is 1. The molecule has 0 atom stereocenters. The van der Waals surface area contributed by atoms with Crippen LogP contribution in [-0.4, -0.2) is 24.5 Å². The van der Waals surface area contributed by atoms with Crippen molar-refractivity contribution < 1.29 is 14.3 Å². The highest BCUT2D eigenvalue weighted by molar-refractivity contribution is 9.10. The molecule has 0 unspecified atom stereocenters. The smallest absolute Gasteiger partial charge is 0.326 e. The largest absolute Gasteiger partial charge is 0.461 e. The number of anilines is 1. The fourth-order valence-electron chi connectivity index (χ4n) is 4.10. The summed E-state index contributed by atoms with van der Waals surface area (Å²) in [6.45, 7) is 6.85. The molecule has 26 heavy (non-hydrogen) atoms. The van der Waals surface area contributed by atoms with Crippen LogP contribution < -0.4 is 4.90 Å². The van der Waals surface area contributed by atoms with Gasteiger partial charge in [-0.1, -0.05) is 36.7 Å². The number of hydrogen-bond acceptors (Lipinski definition) is 3. The number of esters is 1. The molecule has 0 radical (unpaired) electrons. The van der Waals surface area contributed by atoms with Gasteiger partial charge in [0.25, 0.3) is 0 Å².